The Kier molecular flexibility index (Phi) is 14.8. The Morgan fingerprint density at radius 2 is 1.54 bits per heavy atom. The van der Waals surface area contributed by atoms with Gasteiger partial charge < -0.3 is 15.5 Å². The van der Waals surface area contributed by atoms with Crippen LogP contribution in [0.4, 0.5) is 28.3 Å². The largest absolute Gasteiger partial charge is 0.385 e. The van der Waals surface area contributed by atoms with Crippen LogP contribution in [0.15, 0.2) is 47.5 Å². The first-order valence-corrected chi connectivity index (χ1v) is 23.1. The van der Waals surface area contributed by atoms with Crippen LogP contribution in [-0.4, -0.2) is 80.4 Å². The summed E-state index contributed by atoms with van der Waals surface area (Å²) in [7, 11) is 0. The number of Topliss-reactive ketones (excluding diaryl/α,β-unsaturated/α-hetero) is 1. The minimum atomic E-state index is -0.252. The fraction of sp³-hybridized carbons (Fsp3) is 0.511. The van der Waals surface area contributed by atoms with Crippen molar-refractivity contribution >= 4 is 62.3 Å². The Bertz CT molecular complexity index is 2340. The monoisotopic (exact) mass is 846 g/mol. The maximum absolute atomic E-state index is 13.6. The quantitative estimate of drug-likeness (QED) is 0.0539. The summed E-state index contributed by atoms with van der Waals surface area (Å²) in [6, 6.07) is 9.95. The molecule has 1 aliphatic carbocycles. The molecule has 0 bridgehead atoms. The average Bonchev–Trinajstić information content (AvgIpc) is 3.89. The Morgan fingerprint density at radius 3 is 2.21 bits per heavy atom. The number of piperazine rings is 1. The summed E-state index contributed by atoms with van der Waals surface area (Å²) in [5, 5.41) is 11.1. The number of benzene rings is 1. The number of nitrogens with one attached hydrogen (secondary N) is 3. The number of hydrogen-bond donors (Lipinski definition) is 3. The number of aryl methyl sites for hydroxylation is 3. The number of rotatable bonds is 19. The molecule has 1 aliphatic heterocycles. The number of amides is 1. The van der Waals surface area contributed by atoms with Gasteiger partial charge in [-0.15, -0.1) is 11.3 Å². The van der Waals surface area contributed by atoms with Crippen LogP contribution in [0.25, 0.3) is 11.0 Å². The van der Waals surface area contributed by atoms with Crippen molar-refractivity contribution in [1.29, 1.82) is 0 Å². The van der Waals surface area contributed by atoms with Gasteiger partial charge in [-0.2, -0.15) is 4.98 Å². The SMILES string of the molecule is CC(=O)c1c(C)c2cnc(Nc3ccc(N4CCN(CCCCCCCCCCNc5cccc(C(=O)Nc6nc(C)c(C)s6)c5C)CC4)cn3)nc2n(C2CCCC2)c1=O. The Morgan fingerprint density at radius 1 is 0.820 bits per heavy atom. The van der Waals surface area contributed by atoms with Crippen molar-refractivity contribution in [3.05, 3.63) is 85.9 Å². The Labute approximate surface area is 363 Å². The zero-order chi connectivity index (χ0) is 42.9. The predicted octanol–water partition coefficient (Wildman–Crippen LogP) is 9.55. The van der Waals surface area contributed by atoms with E-state index in [1.807, 2.05) is 52.1 Å². The van der Waals surface area contributed by atoms with Gasteiger partial charge in [0.2, 0.25) is 5.95 Å². The summed E-state index contributed by atoms with van der Waals surface area (Å²) in [6.45, 7) is 15.4. The number of thiazole rings is 1. The third-order valence-electron chi connectivity index (χ3n) is 12.5. The van der Waals surface area contributed by atoms with E-state index in [9.17, 15) is 14.4 Å². The van der Waals surface area contributed by atoms with Gasteiger partial charge in [-0.1, -0.05) is 57.4 Å². The Balaban J connectivity index is 0.766. The number of pyridine rings is 2. The Hall–Kier alpha value is -5.21. The molecule has 2 aliphatic rings. The summed E-state index contributed by atoms with van der Waals surface area (Å²) in [5.41, 5.74) is 5.91. The van der Waals surface area contributed by atoms with Crippen molar-refractivity contribution in [2.75, 3.05) is 60.1 Å². The van der Waals surface area contributed by atoms with Crippen LogP contribution in [0.1, 0.15) is 132 Å². The van der Waals surface area contributed by atoms with Gasteiger partial charge in [0.15, 0.2) is 10.9 Å². The lowest BCUT2D eigenvalue weighted by molar-refractivity contribution is 0.101. The fourth-order valence-electron chi connectivity index (χ4n) is 8.81. The van der Waals surface area contributed by atoms with Gasteiger partial charge in [-0.3, -0.25) is 29.2 Å². The van der Waals surface area contributed by atoms with Gasteiger partial charge in [0.25, 0.3) is 11.5 Å². The molecule has 5 aromatic rings. The first-order valence-electron chi connectivity index (χ1n) is 22.3. The highest BCUT2D eigenvalue weighted by molar-refractivity contribution is 7.15. The number of nitrogens with zero attached hydrogens (tertiary/aromatic N) is 7. The minimum Gasteiger partial charge on any atom is -0.385 e. The number of anilines is 5. The van der Waals surface area contributed by atoms with E-state index in [1.165, 1.54) is 63.2 Å². The summed E-state index contributed by atoms with van der Waals surface area (Å²) >= 11 is 1.51. The molecule has 4 aromatic heterocycles. The number of aromatic nitrogens is 5. The van der Waals surface area contributed by atoms with Crippen LogP contribution in [0.2, 0.25) is 0 Å². The number of unbranched alkanes of at least 4 members (excludes halogenated alkanes) is 7. The highest BCUT2D eigenvalue weighted by Gasteiger charge is 2.26. The molecule has 324 valence electrons. The summed E-state index contributed by atoms with van der Waals surface area (Å²) < 4.78 is 1.74. The highest BCUT2D eigenvalue weighted by Crippen LogP contribution is 2.32. The van der Waals surface area contributed by atoms with E-state index in [4.69, 9.17) is 4.98 Å². The van der Waals surface area contributed by atoms with Gasteiger partial charge in [0.1, 0.15) is 11.5 Å². The third-order valence-corrected chi connectivity index (χ3v) is 13.5. The van der Waals surface area contributed by atoms with Crippen molar-refractivity contribution < 1.29 is 9.59 Å². The number of ketones is 1. The molecule has 2 fully saturated rings. The zero-order valence-corrected chi connectivity index (χ0v) is 37.4. The molecule has 7 rings (SSSR count). The lowest BCUT2D eigenvalue weighted by atomic mass is 10.0. The van der Waals surface area contributed by atoms with Crippen molar-refractivity contribution in [3.63, 3.8) is 0 Å². The van der Waals surface area contributed by atoms with Crippen molar-refractivity contribution in [2.45, 2.75) is 118 Å². The van der Waals surface area contributed by atoms with Crippen molar-refractivity contribution in [1.82, 2.24) is 29.4 Å². The van der Waals surface area contributed by atoms with Crippen molar-refractivity contribution in [3.8, 4) is 0 Å². The number of carbonyl (C=O) groups is 2. The molecule has 1 aromatic carbocycles. The smallest absolute Gasteiger partial charge is 0.263 e. The molecule has 1 saturated carbocycles. The second kappa shape index (κ2) is 20.6. The first-order chi connectivity index (χ1) is 29.6. The van der Waals surface area contributed by atoms with E-state index in [0.717, 1.165) is 104 Å². The predicted molar refractivity (Wildman–Crippen MR) is 248 cm³/mol. The number of hydrogen-bond acceptors (Lipinski definition) is 12. The molecule has 1 saturated heterocycles. The van der Waals surface area contributed by atoms with E-state index >= 15 is 0 Å². The molecule has 0 atom stereocenters. The fourth-order valence-corrected chi connectivity index (χ4v) is 9.62. The molecular formula is C47H62N10O3S. The van der Waals surface area contributed by atoms with Crippen LogP contribution in [0.5, 0.6) is 0 Å². The molecule has 1 amide bonds. The second-order valence-corrected chi connectivity index (χ2v) is 18.0. The molecule has 0 unspecified atom stereocenters. The van der Waals surface area contributed by atoms with Gasteiger partial charge in [-0.05, 0) is 102 Å². The minimum absolute atomic E-state index is 0.0326. The molecular weight excluding hydrogens is 785 g/mol. The third kappa shape index (κ3) is 10.8. The van der Waals surface area contributed by atoms with Crippen LogP contribution in [0, 0.1) is 27.7 Å². The lowest BCUT2D eigenvalue weighted by Crippen LogP contribution is -2.46. The van der Waals surface area contributed by atoms with Gasteiger partial charge >= 0.3 is 0 Å². The molecule has 5 heterocycles. The van der Waals surface area contributed by atoms with Crippen LogP contribution in [0.3, 0.4) is 0 Å². The molecule has 3 N–H and O–H groups in total. The zero-order valence-electron chi connectivity index (χ0n) is 36.6. The summed E-state index contributed by atoms with van der Waals surface area (Å²) in [6.07, 6.45) is 17.5. The van der Waals surface area contributed by atoms with E-state index in [1.54, 1.807) is 10.8 Å². The van der Waals surface area contributed by atoms with Crippen LogP contribution >= 0.6 is 11.3 Å². The topological polar surface area (TPSA) is 150 Å². The summed E-state index contributed by atoms with van der Waals surface area (Å²) in [4.78, 5) is 63.5. The highest BCUT2D eigenvalue weighted by atomic mass is 32.1. The average molecular weight is 847 g/mol. The number of fused-ring (bicyclic) bond motifs is 1. The normalized spacial score (nSPS) is 14.8. The van der Waals surface area contributed by atoms with Gasteiger partial charge in [0.05, 0.1) is 23.1 Å². The molecule has 13 nitrogen and oxygen atoms in total. The molecule has 61 heavy (non-hydrogen) atoms. The summed E-state index contributed by atoms with van der Waals surface area (Å²) in [5.74, 6) is 0.676. The second-order valence-electron chi connectivity index (χ2n) is 16.8. The standard InChI is InChI=1S/C47H62N10O3S/c1-31-38(44(59)54-47-51-33(3)35(5)61-47)19-16-20-40(31)48-23-14-10-8-6-7-9-11-15-24-55-25-27-56(28-26-55)37-21-22-41(49-29-37)52-46-50-30-39-32(2)42(34(4)58)45(60)57(43(39)53-46)36-17-12-13-18-36/h16,19-22,29-30,36,48H,6-15,17-18,23-28H2,1-5H3,(H,51,54,59)(H,49,50,52,53). The first kappa shape index (κ1) is 43.9. The molecule has 0 radical (unpaired) electrons. The maximum atomic E-state index is 13.6. The maximum Gasteiger partial charge on any atom is 0.263 e. The van der Waals surface area contributed by atoms with Gasteiger partial charge in [0, 0.05) is 66.5 Å². The van der Waals surface area contributed by atoms with E-state index in [2.05, 4.69) is 52.8 Å². The van der Waals surface area contributed by atoms with E-state index < -0.39 is 0 Å². The van der Waals surface area contributed by atoms with E-state index in [0.29, 0.717) is 33.7 Å². The van der Waals surface area contributed by atoms with E-state index in [-0.39, 0.29) is 28.9 Å². The lowest BCUT2D eigenvalue weighted by Gasteiger charge is -2.36. The van der Waals surface area contributed by atoms with Crippen molar-refractivity contribution in [2.24, 2.45) is 0 Å². The number of carbonyl (C=O) groups excluding carboxylic acids is 2. The molecule has 14 heteroatoms. The van der Waals surface area contributed by atoms with Crippen LogP contribution in [-0.2, 0) is 0 Å². The molecule has 0 spiro atoms. The van der Waals surface area contributed by atoms with Crippen LogP contribution < -0.4 is 26.4 Å². The van der Waals surface area contributed by atoms with Gasteiger partial charge in [-0.25, -0.2) is 15.0 Å².